The van der Waals surface area contributed by atoms with Crippen LogP contribution in [0.5, 0.6) is 0 Å². The molecule has 0 aliphatic carbocycles. The number of ether oxygens (including phenoxy) is 1. The minimum absolute atomic E-state index is 0.0777. The van der Waals surface area contributed by atoms with Crippen LogP contribution in [0.3, 0.4) is 0 Å². The van der Waals surface area contributed by atoms with Crippen molar-refractivity contribution in [2.45, 2.75) is 26.3 Å². The van der Waals surface area contributed by atoms with Crippen molar-refractivity contribution in [2.75, 3.05) is 20.3 Å². The van der Waals surface area contributed by atoms with Crippen molar-refractivity contribution in [3.8, 4) is 0 Å². The number of nitrogens with zero attached hydrogens (tertiary/aromatic N) is 2. The van der Waals surface area contributed by atoms with Gasteiger partial charge in [-0.1, -0.05) is 0 Å². The van der Waals surface area contributed by atoms with Gasteiger partial charge in [-0.15, -0.1) is 0 Å². The van der Waals surface area contributed by atoms with E-state index in [4.69, 9.17) is 10.5 Å². The zero-order valence-electron chi connectivity index (χ0n) is 11.1. The SMILES string of the molecule is C\N=C(C)/C(=C\N)/N=C(\C)C(=O)NC1CCOC1. The third kappa shape index (κ3) is 3.96. The standard InChI is InChI=1S/C12H20N4O2/c1-8(14-3)11(6-13)15-9(2)12(17)16-10-4-5-18-7-10/h6,10H,4-5,7,13H2,1-3H3,(H,16,17)/b11-6+,14-8-,15-9+. The number of allylic oxidation sites excluding steroid dienone is 1. The highest BCUT2D eigenvalue weighted by atomic mass is 16.5. The molecule has 1 fully saturated rings. The molecular formula is C12H20N4O2. The first-order chi connectivity index (χ1) is 8.58. The summed E-state index contributed by atoms with van der Waals surface area (Å²) in [6.45, 7) is 4.69. The number of nitrogens with two attached hydrogens (primary N) is 1. The van der Waals surface area contributed by atoms with Gasteiger partial charge < -0.3 is 15.8 Å². The number of aliphatic imine (C=N–C) groups is 2. The topological polar surface area (TPSA) is 89.1 Å². The van der Waals surface area contributed by atoms with Crippen molar-refractivity contribution in [1.82, 2.24) is 5.32 Å². The summed E-state index contributed by atoms with van der Waals surface area (Å²) in [5, 5.41) is 2.86. The molecule has 1 aliphatic heterocycles. The molecule has 0 spiro atoms. The first-order valence-electron chi connectivity index (χ1n) is 5.88. The van der Waals surface area contributed by atoms with E-state index in [1.54, 1.807) is 20.9 Å². The molecule has 1 rings (SSSR count). The fraction of sp³-hybridized carbons (Fsp3) is 0.583. The molecule has 0 bridgehead atoms. The van der Waals surface area contributed by atoms with E-state index in [1.807, 2.05) is 0 Å². The lowest BCUT2D eigenvalue weighted by Gasteiger charge is -2.10. The monoisotopic (exact) mass is 252 g/mol. The largest absolute Gasteiger partial charge is 0.403 e. The first-order valence-corrected chi connectivity index (χ1v) is 5.88. The Hall–Kier alpha value is -1.69. The number of hydrogen-bond acceptors (Lipinski definition) is 5. The van der Waals surface area contributed by atoms with E-state index in [-0.39, 0.29) is 11.9 Å². The minimum atomic E-state index is -0.200. The smallest absolute Gasteiger partial charge is 0.265 e. The highest BCUT2D eigenvalue weighted by Gasteiger charge is 2.19. The molecule has 1 atom stereocenters. The molecule has 1 unspecified atom stereocenters. The van der Waals surface area contributed by atoms with E-state index in [0.717, 1.165) is 6.42 Å². The highest BCUT2D eigenvalue weighted by molar-refractivity contribution is 6.38. The summed E-state index contributed by atoms with van der Waals surface area (Å²) < 4.78 is 5.19. The van der Waals surface area contributed by atoms with Crippen molar-refractivity contribution in [3.63, 3.8) is 0 Å². The number of carbonyl (C=O) groups is 1. The summed E-state index contributed by atoms with van der Waals surface area (Å²) in [4.78, 5) is 20.0. The molecule has 3 N–H and O–H groups in total. The zero-order chi connectivity index (χ0) is 13.5. The third-order valence-corrected chi connectivity index (χ3v) is 2.75. The molecule has 1 heterocycles. The van der Waals surface area contributed by atoms with E-state index in [1.165, 1.54) is 6.20 Å². The molecular weight excluding hydrogens is 232 g/mol. The lowest BCUT2D eigenvalue weighted by Crippen LogP contribution is -2.38. The van der Waals surface area contributed by atoms with Gasteiger partial charge in [-0.25, -0.2) is 4.99 Å². The maximum atomic E-state index is 11.9. The van der Waals surface area contributed by atoms with Gasteiger partial charge in [-0.2, -0.15) is 0 Å². The Morgan fingerprint density at radius 3 is 2.67 bits per heavy atom. The Kier molecular flexibility index (Phi) is 5.51. The molecule has 1 aliphatic rings. The van der Waals surface area contributed by atoms with Crippen molar-refractivity contribution in [1.29, 1.82) is 0 Å². The number of nitrogens with one attached hydrogen (secondary N) is 1. The minimum Gasteiger partial charge on any atom is -0.403 e. The van der Waals surface area contributed by atoms with Crippen molar-refractivity contribution in [3.05, 3.63) is 11.9 Å². The Morgan fingerprint density at radius 2 is 2.17 bits per heavy atom. The normalized spacial score (nSPS) is 22.2. The lowest BCUT2D eigenvalue weighted by molar-refractivity contribution is -0.115. The Morgan fingerprint density at radius 1 is 1.44 bits per heavy atom. The van der Waals surface area contributed by atoms with Crippen LogP contribution in [0.4, 0.5) is 0 Å². The molecule has 1 amide bonds. The molecule has 0 radical (unpaired) electrons. The van der Waals surface area contributed by atoms with Crippen molar-refractivity contribution < 1.29 is 9.53 Å². The van der Waals surface area contributed by atoms with Crippen LogP contribution in [0.25, 0.3) is 0 Å². The van der Waals surface area contributed by atoms with Gasteiger partial charge in [-0.3, -0.25) is 9.79 Å². The van der Waals surface area contributed by atoms with Gasteiger partial charge in [0.1, 0.15) is 5.71 Å². The summed E-state index contributed by atoms with van der Waals surface area (Å²) >= 11 is 0. The molecule has 0 aromatic carbocycles. The van der Waals surface area contributed by atoms with Crippen LogP contribution < -0.4 is 11.1 Å². The maximum Gasteiger partial charge on any atom is 0.265 e. The molecule has 1 saturated heterocycles. The van der Waals surface area contributed by atoms with Crippen molar-refractivity contribution in [2.24, 2.45) is 15.7 Å². The molecule has 0 aromatic rings. The van der Waals surface area contributed by atoms with Gasteiger partial charge in [0.2, 0.25) is 0 Å². The maximum absolute atomic E-state index is 11.9. The highest BCUT2D eigenvalue weighted by Crippen LogP contribution is 2.04. The van der Waals surface area contributed by atoms with Crippen LogP contribution in [0.15, 0.2) is 21.9 Å². The summed E-state index contributed by atoms with van der Waals surface area (Å²) in [5.41, 5.74) is 7.02. The molecule has 0 aromatic heterocycles. The average Bonchev–Trinajstić information content (AvgIpc) is 2.87. The van der Waals surface area contributed by atoms with Crippen LogP contribution >= 0.6 is 0 Å². The zero-order valence-corrected chi connectivity index (χ0v) is 11.1. The van der Waals surface area contributed by atoms with Crippen LogP contribution in [-0.2, 0) is 9.53 Å². The molecule has 6 nitrogen and oxygen atoms in total. The summed E-state index contributed by atoms with van der Waals surface area (Å²) in [5.74, 6) is -0.200. The number of carbonyl (C=O) groups excluding carboxylic acids is 1. The van der Waals surface area contributed by atoms with E-state index >= 15 is 0 Å². The lowest BCUT2D eigenvalue weighted by atomic mass is 10.2. The van der Waals surface area contributed by atoms with Gasteiger partial charge in [0.05, 0.1) is 24.1 Å². The Bertz CT molecular complexity index is 393. The average molecular weight is 252 g/mol. The van der Waals surface area contributed by atoms with E-state index in [0.29, 0.717) is 30.3 Å². The quantitative estimate of drug-likeness (QED) is 0.702. The fourth-order valence-electron chi connectivity index (χ4n) is 1.52. The van der Waals surface area contributed by atoms with Crippen LogP contribution in [0, 0.1) is 0 Å². The van der Waals surface area contributed by atoms with Gasteiger partial charge in [-0.05, 0) is 20.3 Å². The fourth-order valence-corrected chi connectivity index (χ4v) is 1.52. The van der Waals surface area contributed by atoms with E-state index < -0.39 is 0 Å². The second-order valence-electron chi connectivity index (χ2n) is 4.09. The Balaban J connectivity index is 2.66. The van der Waals surface area contributed by atoms with E-state index in [2.05, 4.69) is 15.3 Å². The van der Waals surface area contributed by atoms with Crippen LogP contribution in [0.2, 0.25) is 0 Å². The molecule has 18 heavy (non-hydrogen) atoms. The number of hydrogen-bond donors (Lipinski definition) is 2. The second kappa shape index (κ2) is 6.90. The van der Waals surface area contributed by atoms with Gasteiger partial charge >= 0.3 is 0 Å². The van der Waals surface area contributed by atoms with Crippen LogP contribution in [0.1, 0.15) is 20.3 Å². The number of rotatable bonds is 4. The predicted octanol–water partition coefficient (Wildman–Crippen LogP) is 0.243. The van der Waals surface area contributed by atoms with Gasteiger partial charge in [0.25, 0.3) is 5.91 Å². The Labute approximate surface area is 107 Å². The van der Waals surface area contributed by atoms with E-state index in [9.17, 15) is 4.79 Å². The van der Waals surface area contributed by atoms with Gasteiger partial charge in [0, 0.05) is 19.9 Å². The summed E-state index contributed by atoms with van der Waals surface area (Å²) in [6, 6.07) is 0.0777. The van der Waals surface area contributed by atoms with Gasteiger partial charge in [0.15, 0.2) is 0 Å². The third-order valence-electron chi connectivity index (χ3n) is 2.75. The molecule has 100 valence electrons. The van der Waals surface area contributed by atoms with Crippen LogP contribution in [-0.4, -0.2) is 43.6 Å². The summed E-state index contributed by atoms with van der Waals surface area (Å²) in [6.07, 6.45) is 2.19. The second-order valence-corrected chi connectivity index (χ2v) is 4.09. The summed E-state index contributed by atoms with van der Waals surface area (Å²) in [7, 11) is 1.65. The van der Waals surface area contributed by atoms with Crippen molar-refractivity contribution >= 4 is 17.3 Å². The predicted molar refractivity (Wildman–Crippen MR) is 71.8 cm³/mol. The molecule has 0 saturated carbocycles. The first kappa shape index (κ1) is 14.4. The molecule has 6 heteroatoms. The number of amides is 1.